The van der Waals surface area contributed by atoms with E-state index in [0.717, 1.165) is 11.4 Å². The van der Waals surface area contributed by atoms with Gasteiger partial charge in [0.25, 0.3) is 0 Å². The van der Waals surface area contributed by atoms with Crippen LogP contribution in [0, 0.1) is 5.82 Å². The van der Waals surface area contributed by atoms with Crippen molar-refractivity contribution in [3.63, 3.8) is 0 Å². The Bertz CT molecular complexity index is 379. The molecule has 0 fully saturated rings. The van der Waals surface area contributed by atoms with Gasteiger partial charge in [-0.05, 0) is 31.2 Å². The Morgan fingerprint density at radius 3 is 2.20 bits per heavy atom. The highest BCUT2D eigenvalue weighted by Gasteiger charge is 2.02. The first-order valence-electron chi connectivity index (χ1n) is 4.60. The topological polar surface area (TPSA) is 36.8 Å². The van der Waals surface area contributed by atoms with Crippen molar-refractivity contribution in [2.45, 2.75) is 6.92 Å². The Labute approximate surface area is 88.8 Å². The van der Waals surface area contributed by atoms with Gasteiger partial charge in [-0.1, -0.05) is 0 Å². The minimum absolute atomic E-state index is 0.253. The highest BCUT2D eigenvalue weighted by atomic mass is 19.1. The molecule has 0 amide bonds. The molecule has 0 saturated carbocycles. The number of nitrogens with one attached hydrogen (secondary N) is 1. The third-order valence-electron chi connectivity index (χ3n) is 2.01. The number of rotatable bonds is 2. The Morgan fingerprint density at radius 2 is 1.73 bits per heavy atom. The lowest BCUT2D eigenvalue weighted by Crippen LogP contribution is -2.20. The molecule has 80 valence electrons. The summed E-state index contributed by atoms with van der Waals surface area (Å²) < 4.78 is 12.6. The van der Waals surface area contributed by atoms with E-state index in [1.165, 1.54) is 12.1 Å². The monoisotopic (exact) mass is 207 g/mol. The molecule has 0 saturated heterocycles. The van der Waals surface area contributed by atoms with Gasteiger partial charge in [0.15, 0.2) is 0 Å². The predicted molar refractivity (Wildman–Crippen MR) is 62.4 cm³/mol. The van der Waals surface area contributed by atoms with E-state index in [0.29, 0.717) is 5.84 Å². The average molecular weight is 207 g/mol. The third kappa shape index (κ3) is 3.16. The molecule has 0 aliphatic rings. The predicted octanol–water partition coefficient (Wildman–Crippen LogP) is 2.36. The maximum atomic E-state index is 12.6. The van der Waals surface area contributed by atoms with Gasteiger partial charge in [-0.15, -0.1) is 0 Å². The van der Waals surface area contributed by atoms with Gasteiger partial charge in [0.2, 0.25) is 0 Å². The lowest BCUT2D eigenvalue weighted by Gasteiger charge is -2.08. The number of hydrogen-bond donors (Lipinski definition) is 1. The van der Waals surface area contributed by atoms with Crippen LogP contribution in [0.1, 0.15) is 6.92 Å². The maximum absolute atomic E-state index is 12.6. The van der Waals surface area contributed by atoms with Crippen LogP contribution in [0.2, 0.25) is 0 Å². The second kappa shape index (κ2) is 5.24. The molecule has 0 aliphatic carbocycles. The molecule has 4 heteroatoms. The van der Waals surface area contributed by atoms with Crippen LogP contribution in [-0.2, 0) is 0 Å². The first kappa shape index (κ1) is 11.4. The van der Waals surface area contributed by atoms with Gasteiger partial charge in [-0.2, -0.15) is 0 Å². The van der Waals surface area contributed by atoms with E-state index in [4.69, 9.17) is 0 Å². The molecule has 1 rings (SSSR count). The van der Waals surface area contributed by atoms with Crippen LogP contribution in [0.5, 0.6) is 0 Å². The van der Waals surface area contributed by atoms with Crippen molar-refractivity contribution in [2.24, 2.45) is 9.98 Å². The van der Waals surface area contributed by atoms with Crippen molar-refractivity contribution in [3.05, 3.63) is 30.1 Å². The molecular formula is C11H14FN3. The lowest BCUT2D eigenvalue weighted by molar-refractivity contribution is 0.628. The summed E-state index contributed by atoms with van der Waals surface area (Å²) in [5.74, 6) is 0.431. The summed E-state index contributed by atoms with van der Waals surface area (Å²) >= 11 is 0. The van der Waals surface area contributed by atoms with E-state index in [1.807, 2.05) is 6.92 Å². The van der Waals surface area contributed by atoms with Crippen molar-refractivity contribution < 1.29 is 4.39 Å². The van der Waals surface area contributed by atoms with E-state index in [2.05, 4.69) is 15.3 Å². The van der Waals surface area contributed by atoms with Crippen molar-refractivity contribution >= 4 is 17.2 Å². The van der Waals surface area contributed by atoms with Crippen LogP contribution >= 0.6 is 0 Å². The van der Waals surface area contributed by atoms with Crippen molar-refractivity contribution in [1.82, 2.24) is 0 Å². The fourth-order valence-corrected chi connectivity index (χ4v) is 1.08. The van der Waals surface area contributed by atoms with Crippen LogP contribution in [0.4, 0.5) is 10.1 Å². The van der Waals surface area contributed by atoms with Gasteiger partial charge in [-0.3, -0.25) is 9.98 Å². The SMILES string of the molecule is CN=C(C)C(=NC)Nc1ccc(F)cc1. The van der Waals surface area contributed by atoms with E-state index >= 15 is 0 Å². The van der Waals surface area contributed by atoms with Gasteiger partial charge in [0.1, 0.15) is 11.7 Å². The Morgan fingerprint density at radius 1 is 1.13 bits per heavy atom. The fourth-order valence-electron chi connectivity index (χ4n) is 1.08. The Balaban J connectivity index is 2.81. The van der Waals surface area contributed by atoms with Gasteiger partial charge in [0.05, 0.1) is 5.71 Å². The standard InChI is InChI=1S/C11H14FN3/c1-8(13-2)11(14-3)15-10-6-4-9(12)5-7-10/h4-7H,1-3H3,(H,14,15). The van der Waals surface area contributed by atoms with Gasteiger partial charge in [-0.25, -0.2) is 4.39 Å². The molecule has 0 unspecified atom stereocenters. The Kier molecular flexibility index (Phi) is 3.97. The summed E-state index contributed by atoms with van der Waals surface area (Å²) in [6.07, 6.45) is 0. The minimum atomic E-state index is -0.253. The summed E-state index contributed by atoms with van der Waals surface area (Å²) in [5, 5.41) is 3.06. The van der Waals surface area contributed by atoms with E-state index in [-0.39, 0.29) is 5.82 Å². The fraction of sp³-hybridized carbons (Fsp3) is 0.273. The molecule has 1 N–H and O–H groups in total. The molecular weight excluding hydrogens is 193 g/mol. The first-order valence-corrected chi connectivity index (χ1v) is 4.60. The summed E-state index contributed by atoms with van der Waals surface area (Å²) in [4.78, 5) is 8.08. The molecule has 0 spiro atoms. The van der Waals surface area contributed by atoms with Crippen LogP contribution in [-0.4, -0.2) is 25.6 Å². The summed E-state index contributed by atoms with van der Waals surface area (Å²) in [6.45, 7) is 1.86. The Hall–Kier alpha value is -1.71. The largest absolute Gasteiger partial charge is 0.339 e. The molecule has 0 aliphatic heterocycles. The second-order valence-electron chi connectivity index (χ2n) is 3.01. The first-order chi connectivity index (χ1) is 7.17. The summed E-state index contributed by atoms with van der Waals surface area (Å²) in [7, 11) is 3.38. The quantitative estimate of drug-likeness (QED) is 0.586. The average Bonchev–Trinajstić information content (AvgIpc) is 2.27. The second-order valence-corrected chi connectivity index (χ2v) is 3.01. The van der Waals surface area contributed by atoms with E-state index in [1.54, 1.807) is 26.2 Å². The van der Waals surface area contributed by atoms with Crippen molar-refractivity contribution in [1.29, 1.82) is 0 Å². The number of anilines is 1. The maximum Gasteiger partial charge on any atom is 0.146 e. The van der Waals surface area contributed by atoms with Crippen LogP contribution in [0.25, 0.3) is 0 Å². The summed E-state index contributed by atoms with van der Waals surface area (Å²) in [5.41, 5.74) is 1.60. The number of aliphatic imine (C=N–C) groups is 2. The molecule has 15 heavy (non-hydrogen) atoms. The number of nitrogens with zero attached hydrogens (tertiary/aromatic N) is 2. The highest BCUT2D eigenvalue weighted by molar-refractivity contribution is 6.44. The number of halogens is 1. The zero-order valence-electron chi connectivity index (χ0n) is 9.08. The molecule has 0 atom stereocenters. The molecule has 0 radical (unpaired) electrons. The van der Waals surface area contributed by atoms with Crippen molar-refractivity contribution in [2.75, 3.05) is 19.4 Å². The van der Waals surface area contributed by atoms with E-state index in [9.17, 15) is 4.39 Å². The van der Waals surface area contributed by atoms with Gasteiger partial charge >= 0.3 is 0 Å². The zero-order chi connectivity index (χ0) is 11.3. The van der Waals surface area contributed by atoms with Gasteiger partial charge in [0, 0.05) is 19.8 Å². The molecule has 0 heterocycles. The highest BCUT2D eigenvalue weighted by Crippen LogP contribution is 2.08. The van der Waals surface area contributed by atoms with Crippen LogP contribution < -0.4 is 5.32 Å². The molecule has 0 aromatic heterocycles. The zero-order valence-corrected chi connectivity index (χ0v) is 9.08. The van der Waals surface area contributed by atoms with Gasteiger partial charge < -0.3 is 5.32 Å². The summed E-state index contributed by atoms with van der Waals surface area (Å²) in [6, 6.07) is 6.11. The molecule has 3 nitrogen and oxygen atoms in total. The smallest absolute Gasteiger partial charge is 0.146 e. The lowest BCUT2D eigenvalue weighted by atomic mass is 10.3. The van der Waals surface area contributed by atoms with Crippen LogP contribution in [0.3, 0.4) is 0 Å². The number of benzene rings is 1. The van der Waals surface area contributed by atoms with E-state index < -0.39 is 0 Å². The normalized spacial score (nSPS) is 12.8. The van der Waals surface area contributed by atoms with Crippen molar-refractivity contribution in [3.8, 4) is 0 Å². The third-order valence-corrected chi connectivity index (χ3v) is 2.01. The number of amidine groups is 1. The molecule has 1 aromatic rings. The number of hydrogen-bond acceptors (Lipinski definition) is 2. The van der Waals surface area contributed by atoms with Crippen LogP contribution in [0.15, 0.2) is 34.3 Å². The molecule has 0 bridgehead atoms. The molecule has 1 aromatic carbocycles. The minimum Gasteiger partial charge on any atom is -0.339 e.